The number of rotatable bonds is 8. The van der Waals surface area contributed by atoms with Crippen LogP contribution in [-0.2, 0) is 18.4 Å². The monoisotopic (exact) mass is 295 g/mol. The van der Waals surface area contributed by atoms with Crippen molar-refractivity contribution in [3.63, 3.8) is 0 Å². The van der Waals surface area contributed by atoms with Gasteiger partial charge in [-0.2, -0.15) is 0 Å². The van der Waals surface area contributed by atoms with E-state index in [1.165, 1.54) is 36.0 Å². The Morgan fingerprint density at radius 3 is 2.09 bits per heavy atom. The lowest BCUT2D eigenvalue weighted by molar-refractivity contribution is 0.400. The molecule has 0 bridgehead atoms. The Labute approximate surface area is 135 Å². The summed E-state index contributed by atoms with van der Waals surface area (Å²) in [6, 6.07) is 19.8. The van der Waals surface area contributed by atoms with Crippen LogP contribution in [0.5, 0.6) is 0 Å². The quantitative estimate of drug-likeness (QED) is 0.668. The van der Waals surface area contributed by atoms with Crippen molar-refractivity contribution >= 4 is 0 Å². The first-order chi connectivity index (χ1) is 10.6. The van der Waals surface area contributed by atoms with Gasteiger partial charge in [0.15, 0.2) is 0 Å². The van der Waals surface area contributed by atoms with Crippen LogP contribution in [0.4, 0.5) is 0 Å². The Hall–Kier alpha value is -1.60. The lowest BCUT2D eigenvalue weighted by Crippen LogP contribution is -2.37. The third kappa shape index (κ3) is 4.99. The third-order valence-electron chi connectivity index (χ3n) is 4.27. The van der Waals surface area contributed by atoms with Crippen LogP contribution in [0, 0.1) is 0 Å². The molecule has 0 aliphatic rings. The van der Waals surface area contributed by atoms with Crippen LogP contribution in [0.15, 0.2) is 54.6 Å². The first-order valence-electron chi connectivity index (χ1n) is 8.50. The van der Waals surface area contributed by atoms with E-state index in [0.29, 0.717) is 0 Å². The first kappa shape index (κ1) is 16.8. The molecule has 1 N–H and O–H groups in total. The van der Waals surface area contributed by atoms with E-state index in [1.807, 2.05) is 0 Å². The van der Waals surface area contributed by atoms with Crippen molar-refractivity contribution < 1.29 is 0 Å². The van der Waals surface area contributed by atoms with Crippen molar-refractivity contribution in [2.75, 3.05) is 6.54 Å². The molecule has 0 heterocycles. The highest BCUT2D eigenvalue weighted by Crippen LogP contribution is 2.21. The van der Waals surface area contributed by atoms with E-state index >= 15 is 0 Å². The summed E-state index contributed by atoms with van der Waals surface area (Å²) in [5.41, 5.74) is 4.26. The smallest absolute Gasteiger partial charge is 0.0377 e. The van der Waals surface area contributed by atoms with Gasteiger partial charge in [0, 0.05) is 5.54 Å². The standard InChI is InChI=1S/C21H29N/c1-4-9-18-13-15-20(16-14-18)21(2,3)22-17-8-12-19-10-6-5-7-11-19/h5-7,10-11,13-16,22H,4,8-9,12,17H2,1-3H3. The van der Waals surface area contributed by atoms with Gasteiger partial charge in [0.05, 0.1) is 0 Å². The zero-order valence-electron chi connectivity index (χ0n) is 14.2. The van der Waals surface area contributed by atoms with E-state index in [1.54, 1.807) is 0 Å². The Morgan fingerprint density at radius 2 is 1.45 bits per heavy atom. The van der Waals surface area contributed by atoms with Crippen molar-refractivity contribution in [3.8, 4) is 0 Å². The molecule has 2 aromatic rings. The summed E-state index contributed by atoms with van der Waals surface area (Å²) < 4.78 is 0. The molecule has 1 nitrogen and oxygen atoms in total. The second-order valence-corrected chi connectivity index (χ2v) is 6.59. The van der Waals surface area contributed by atoms with E-state index in [2.05, 4.69) is 80.7 Å². The van der Waals surface area contributed by atoms with Crippen LogP contribution in [-0.4, -0.2) is 6.54 Å². The van der Waals surface area contributed by atoms with Crippen LogP contribution >= 0.6 is 0 Å². The predicted molar refractivity (Wildman–Crippen MR) is 96.2 cm³/mol. The highest BCUT2D eigenvalue weighted by Gasteiger charge is 2.18. The zero-order valence-corrected chi connectivity index (χ0v) is 14.2. The lowest BCUT2D eigenvalue weighted by Gasteiger charge is -2.27. The van der Waals surface area contributed by atoms with Crippen molar-refractivity contribution in [2.45, 2.75) is 52.0 Å². The number of hydrogen-bond donors (Lipinski definition) is 1. The van der Waals surface area contributed by atoms with Gasteiger partial charge in [0.1, 0.15) is 0 Å². The minimum atomic E-state index is 0.0292. The van der Waals surface area contributed by atoms with Gasteiger partial charge in [0.25, 0.3) is 0 Å². The van der Waals surface area contributed by atoms with Crippen LogP contribution in [0.2, 0.25) is 0 Å². The number of nitrogens with one attached hydrogen (secondary N) is 1. The van der Waals surface area contributed by atoms with Gasteiger partial charge < -0.3 is 5.32 Å². The maximum Gasteiger partial charge on any atom is 0.0377 e. The molecule has 22 heavy (non-hydrogen) atoms. The first-order valence-corrected chi connectivity index (χ1v) is 8.50. The van der Waals surface area contributed by atoms with Gasteiger partial charge in [-0.05, 0) is 56.3 Å². The molecule has 0 saturated carbocycles. The van der Waals surface area contributed by atoms with Gasteiger partial charge in [-0.3, -0.25) is 0 Å². The van der Waals surface area contributed by atoms with E-state index in [-0.39, 0.29) is 5.54 Å². The molecule has 0 aliphatic carbocycles. The second-order valence-electron chi connectivity index (χ2n) is 6.59. The topological polar surface area (TPSA) is 12.0 Å². The van der Waals surface area contributed by atoms with E-state index in [4.69, 9.17) is 0 Å². The van der Waals surface area contributed by atoms with Crippen LogP contribution < -0.4 is 5.32 Å². The van der Waals surface area contributed by atoms with Crippen molar-refractivity contribution in [2.24, 2.45) is 0 Å². The molecule has 0 aliphatic heterocycles. The minimum Gasteiger partial charge on any atom is -0.308 e. The maximum atomic E-state index is 3.70. The highest BCUT2D eigenvalue weighted by atomic mass is 14.9. The number of hydrogen-bond acceptors (Lipinski definition) is 1. The van der Waals surface area contributed by atoms with E-state index in [9.17, 15) is 0 Å². The molecule has 0 unspecified atom stereocenters. The second kappa shape index (κ2) is 8.14. The number of aryl methyl sites for hydroxylation is 2. The van der Waals surface area contributed by atoms with Gasteiger partial charge in [-0.15, -0.1) is 0 Å². The average Bonchev–Trinajstić information content (AvgIpc) is 2.53. The van der Waals surface area contributed by atoms with Gasteiger partial charge in [0.2, 0.25) is 0 Å². The summed E-state index contributed by atoms with van der Waals surface area (Å²) in [6.45, 7) is 7.80. The average molecular weight is 295 g/mol. The summed E-state index contributed by atoms with van der Waals surface area (Å²) in [6.07, 6.45) is 4.69. The Balaban J connectivity index is 1.82. The van der Waals surface area contributed by atoms with Crippen LogP contribution in [0.25, 0.3) is 0 Å². The molecule has 0 aromatic heterocycles. The van der Waals surface area contributed by atoms with Gasteiger partial charge in [-0.25, -0.2) is 0 Å². The fourth-order valence-corrected chi connectivity index (χ4v) is 2.82. The largest absolute Gasteiger partial charge is 0.308 e. The molecular formula is C21H29N. The molecule has 0 spiro atoms. The summed E-state index contributed by atoms with van der Waals surface area (Å²) in [7, 11) is 0. The highest BCUT2D eigenvalue weighted by molar-refractivity contribution is 5.27. The van der Waals surface area contributed by atoms with Crippen molar-refractivity contribution in [1.29, 1.82) is 0 Å². The Morgan fingerprint density at radius 1 is 0.818 bits per heavy atom. The molecule has 0 saturated heterocycles. The summed E-state index contributed by atoms with van der Waals surface area (Å²) in [5.74, 6) is 0. The molecule has 0 fully saturated rings. The van der Waals surface area contributed by atoms with Gasteiger partial charge >= 0.3 is 0 Å². The Kier molecular flexibility index (Phi) is 6.21. The lowest BCUT2D eigenvalue weighted by atomic mass is 9.92. The number of benzene rings is 2. The predicted octanol–water partition coefficient (Wildman–Crippen LogP) is 5.10. The third-order valence-corrected chi connectivity index (χ3v) is 4.27. The molecule has 118 valence electrons. The van der Waals surface area contributed by atoms with Gasteiger partial charge in [-0.1, -0.05) is 67.9 Å². The fourth-order valence-electron chi connectivity index (χ4n) is 2.82. The molecule has 2 aromatic carbocycles. The fraction of sp³-hybridized carbons (Fsp3) is 0.429. The molecule has 2 rings (SSSR count). The van der Waals surface area contributed by atoms with Crippen LogP contribution in [0.1, 0.15) is 50.3 Å². The molecule has 0 atom stereocenters. The molecule has 0 amide bonds. The molecule has 0 radical (unpaired) electrons. The Bertz CT molecular complexity index is 540. The van der Waals surface area contributed by atoms with E-state index in [0.717, 1.165) is 13.0 Å². The minimum absolute atomic E-state index is 0.0292. The summed E-state index contributed by atoms with van der Waals surface area (Å²) in [5, 5.41) is 3.70. The molecular weight excluding hydrogens is 266 g/mol. The molecule has 1 heteroatoms. The normalized spacial score (nSPS) is 11.6. The zero-order chi connectivity index (χ0) is 15.8. The summed E-state index contributed by atoms with van der Waals surface area (Å²) >= 11 is 0. The maximum absolute atomic E-state index is 3.70. The van der Waals surface area contributed by atoms with Crippen LogP contribution in [0.3, 0.4) is 0 Å². The SMILES string of the molecule is CCCc1ccc(C(C)(C)NCCCc2ccccc2)cc1. The van der Waals surface area contributed by atoms with Crippen molar-refractivity contribution in [1.82, 2.24) is 5.32 Å². The van der Waals surface area contributed by atoms with Crippen molar-refractivity contribution in [3.05, 3.63) is 71.3 Å². The van der Waals surface area contributed by atoms with E-state index < -0.39 is 0 Å². The summed E-state index contributed by atoms with van der Waals surface area (Å²) in [4.78, 5) is 0.